The van der Waals surface area contributed by atoms with Crippen LogP contribution in [-0.4, -0.2) is 9.78 Å². The summed E-state index contributed by atoms with van der Waals surface area (Å²) in [7, 11) is 0. The van der Waals surface area contributed by atoms with E-state index >= 15 is 0 Å². The average molecular weight is 236 g/mol. The third-order valence-corrected chi connectivity index (χ3v) is 2.75. The maximum atomic E-state index is 5.94. The van der Waals surface area contributed by atoms with Crippen molar-refractivity contribution in [2.75, 3.05) is 5.73 Å². The lowest BCUT2D eigenvalue weighted by atomic mass is 10.3. The molecular weight excluding hydrogens is 222 g/mol. The van der Waals surface area contributed by atoms with Gasteiger partial charge in [-0.2, -0.15) is 5.10 Å². The summed E-state index contributed by atoms with van der Waals surface area (Å²) in [4.78, 5) is 0. The largest absolute Gasteiger partial charge is 0.384 e. The van der Waals surface area contributed by atoms with E-state index in [0.29, 0.717) is 5.92 Å². The van der Waals surface area contributed by atoms with E-state index in [2.05, 4.69) is 5.10 Å². The fourth-order valence-corrected chi connectivity index (χ4v) is 1.77. The molecule has 1 saturated carbocycles. The van der Waals surface area contributed by atoms with Gasteiger partial charge in [0.1, 0.15) is 5.82 Å². The van der Waals surface area contributed by atoms with Gasteiger partial charge in [0.05, 0.1) is 11.4 Å². The highest BCUT2D eigenvalue weighted by Crippen LogP contribution is 2.40. The fraction of sp³-hybridized carbons (Fsp3) is 0.250. The van der Waals surface area contributed by atoms with Crippen LogP contribution in [0.4, 0.5) is 5.82 Å². The van der Waals surface area contributed by atoms with Crippen molar-refractivity contribution in [1.29, 1.82) is 0 Å². The molecule has 0 unspecified atom stereocenters. The Kier molecular flexibility index (Phi) is 2.88. The summed E-state index contributed by atoms with van der Waals surface area (Å²) in [5.74, 6) is 1.38. The number of para-hydroxylation sites is 1. The maximum absolute atomic E-state index is 5.94. The molecule has 3 rings (SSSR count). The zero-order valence-corrected chi connectivity index (χ0v) is 9.65. The molecule has 0 saturated heterocycles. The van der Waals surface area contributed by atoms with Crippen LogP contribution in [0.5, 0.6) is 0 Å². The predicted octanol–water partition coefficient (Wildman–Crippen LogP) is 2.75. The van der Waals surface area contributed by atoms with Gasteiger partial charge in [-0.15, -0.1) is 12.4 Å². The second-order valence-corrected chi connectivity index (χ2v) is 4.02. The first-order valence-electron chi connectivity index (χ1n) is 5.25. The van der Waals surface area contributed by atoms with Crippen LogP contribution in [0.3, 0.4) is 0 Å². The molecule has 0 amide bonds. The van der Waals surface area contributed by atoms with Crippen LogP contribution >= 0.6 is 12.4 Å². The SMILES string of the molecule is Cl.Nc1cc(C2CC2)nn1-c1ccccc1. The van der Waals surface area contributed by atoms with Gasteiger partial charge in [0.25, 0.3) is 0 Å². The summed E-state index contributed by atoms with van der Waals surface area (Å²) in [6.07, 6.45) is 2.51. The molecule has 0 aliphatic heterocycles. The number of benzene rings is 1. The molecule has 1 aliphatic rings. The lowest BCUT2D eigenvalue weighted by Gasteiger charge is -2.02. The first-order chi connectivity index (χ1) is 7.34. The minimum atomic E-state index is 0. The third kappa shape index (κ3) is 1.91. The van der Waals surface area contributed by atoms with Crippen LogP contribution in [0.2, 0.25) is 0 Å². The lowest BCUT2D eigenvalue weighted by Crippen LogP contribution is -2.01. The van der Waals surface area contributed by atoms with Gasteiger partial charge in [-0.1, -0.05) is 18.2 Å². The highest BCUT2D eigenvalue weighted by atomic mass is 35.5. The number of nitrogen functional groups attached to an aromatic ring is 1. The first-order valence-corrected chi connectivity index (χ1v) is 5.25. The Morgan fingerprint density at radius 3 is 2.50 bits per heavy atom. The molecule has 1 fully saturated rings. The molecule has 1 aromatic carbocycles. The van der Waals surface area contributed by atoms with E-state index in [1.165, 1.54) is 12.8 Å². The van der Waals surface area contributed by atoms with Gasteiger partial charge in [-0.25, -0.2) is 4.68 Å². The number of rotatable bonds is 2. The summed E-state index contributed by atoms with van der Waals surface area (Å²) >= 11 is 0. The normalized spacial score (nSPS) is 14.5. The van der Waals surface area contributed by atoms with Crippen molar-refractivity contribution in [2.45, 2.75) is 18.8 Å². The maximum Gasteiger partial charge on any atom is 0.127 e. The minimum Gasteiger partial charge on any atom is -0.384 e. The number of halogens is 1. The van der Waals surface area contributed by atoms with Crippen molar-refractivity contribution in [3.8, 4) is 5.69 Å². The van der Waals surface area contributed by atoms with Gasteiger partial charge < -0.3 is 5.73 Å². The first kappa shape index (κ1) is 11.0. The average Bonchev–Trinajstić information content (AvgIpc) is 3.04. The monoisotopic (exact) mass is 235 g/mol. The predicted molar refractivity (Wildman–Crippen MR) is 67.2 cm³/mol. The van der Waals surface area contributed by atoms with Crippen molar-refractivity contribution >= 4 is 18.2 Å². The quantitative estimate of drug-likeness (QED) is 0.870. The van der Waals surface area contributed by atoms with Crippen LogP contribution in [-0.2, 0) is 0 Å². The van der Waals surface area contributed by atoms with E-state index in [9.17, 15) is 0 Å². The van der Waals surface area contributed by atoms with E-state index < -0.39 is 0 Å². The van der Waals surface area contributed by atoms with Gasteiger partial charge in [0.15, 0.2) is 0 Å². The zero-order valence-electron chi connectivity index (χ0n) is 8.84. The molecule has 2 N–H and O–H groups in total. The van der Waals surface area contributed by atoms with Gasteiger partial charge in [0, 0.05) is 12.0 Å². The number of hydrogen-bond acceptors (Lipinski definition) is 2. The molecular formula is C12H14ClN3. The van der Waals surface area contributed by atoms with Crippen LogP contribution in [0.1, 0.15) is 24.5 Å². The van der Waals surface area contributed by atoms with E-state index in [-0.39, 0.29) is 12.4 Å². The zero-order chi connectivity index (χ0) is 10.3. The molecule has 0 atom stereocenters. The van der Waals surface area contributed by atoms with Crippen molar-refractivity contribution in [2.24, 2.45) is 0 Å². The van der Waals surface area contributed by atoms with Crippen LogP contribution in [0, 0.1) is 0 Å². The van der Waals surface area contributed by atoms with Crippen molar-refractivity contribution < 1.29 is 0 Å². The molecule has 2 aromatic rings. The molecule has 84 valence electrons. The van der Waals surface area contributed by atoms with Gasteiger partial charge in [0.2, 0.25) is 0 Å². The Balaban J connectivity index is 0.000000963. The smallest absolute Gasteiger partial charge is 0.127 e. The summed E-state index contributed by atoms with van der Waals surface area (Å²) in [6, 6.07) is 12.0. The van der Waals surface area contributed by atoms with Crippen LogP contribution < -0.4 is 5.73 Å². The van der Waals surface area contributed by atoms with Gasteiger partial charge in [-0.3, -0.25) is 0 Å². The second-order valence-electron chi connectivity index (χ2n) is 4.02. The summed E-state index contributed by atoms with van der Waals surface area (Å²) in [5, 5.41) is 4.53. The molecule has 1 aliphatic carbocycles. The van der Waals surface area contributed by atoms with E-state index in [1.807, 2.05) is 41.1 Å². The summed E-state index contributed by atoms with van der Waals surface area (Å²) in [5.41, 5.74) is 8.10. The molecule has 0 spiro atoms. The lowest BCUT2D eigenvalue weighted by molar-refractivity contribution is 0.845. The molecule has 3 nitrogen and oxygen atoms in total. The Morgan fingerprint density at radius 1 is 1.19 bits per heavy atom. The minimum absolute atomic E-state index is 0. The van der Waals surface area contributed by atoms with Gasteiger partial charge >= 0.3 is 0 Å². The highest BCUT2D eigenvalue weighted by Gasteiger charge is 2.27. The Bertz CT molecular complexity index is 474. The second kappa shape index (κ2) is 4.18. The fourth-order valence-electron chi connectivity index (χ4n) is 1.77. The molecule has 1 heterocycles. The molecule has 1 aromatic heterocycles. The number of hydrogen-bond donors (Lipinski definition) is 1. The van der Waals surface area contributed by atoms with E-state index in [0.717, 1.165) is 17.2 Å². The Labute approximate surface area is 101 Å². The standard InChI is InChI=1S/C12H13N3.ClH/c13-12-8-11(9-6-7-9)14-15(12)10-4-2-1-3-5-10;/h1-5,8-9H,6-7,13H2;1H. The van der Waals surface area contributed by atoms with Crippen LogP contribution in [0.15, 0.2) is 36.4 Å². The molecule has 16 heavy (non-hydrogen) atoms. The van der Waals surface area contributed by atoms with Crippen molar-refractivity contribution in [1.82, 2.24) is 9.78 Å². The molecule has 0 bridgehead atoms. The summed E-state index contributed by atoms with van der Waals surface area (Å²) in [6.45, 7) is 0. The van der Waals surface area contributed by atoms with E-state index in [1.54, 1.807) is 0 Å². The molecule has 0 radical (unpaired) electrons. The number of nitrogens with two attached hydrogens (primary N) is 1. The third-order valence-electron chi connectivity index (χ3n) is 2.75. The number of aromatic nitrogens is 2. The Morgan fingerprint density at radius 2 is 1.88 bits per heavy atom. The molecule has 4 heteroatoms. The van der Waals surface area contributed by atoms with E-state index in [4.69, 9.17) is 5.73 Å². The van der Waals surface area contributed by atoms with Gasteiger partial charge in [-0.05, 0) is 25.0 Å². The van der Waals surface area contributed by atoms with Crippen molar-refractivity contribution in [3.63, 3.8) is 0 Å². The highest BCUT2D eigenvalue weighted by molar-refractivity contribution is 5.85. The number of anilines is 1. The Hall–Kier alpha value is -1.48. The number of nitrogens with zero attached hydrogens (tertiary/aromatic N) is 2. The van der Waals surface area contributed by atoms with Crippen molar-refractivity contribution in [3.05, 3.63) is 42.1 Å². The summed E-state index contributed by atoms with van der Waals surface area (Å²) < 4.78 is 1.81. The topological polar surface area (TPSA) is 43.8 Å². The van der Waals surface area contributed by atoms with Crippen LogP contribution in [0.25, 0.3) is 5.69 Å².